The van der Waals surface area contributed by atoms with E-state index in [4.69, 9.17) is 11.6 Å². The zero-order valence-corrected chi connectivity index (χ0v) is 11.4. The number of carbonyl (C=O) groups is 1. The first kappa shape index (κ1) is 14.4. The molecule has 0 unspecified atom stereocenters. The maximum absolute atomic E-state index is 11.5. The topological polar surface area (TPSA) is 61.4 Å². The largest absolute Gasteiger partial charge is 0.506 e. The molecule has 0 radical (unpaired) electrons. The van der Waals surface area contributed by atoms with Gasteiger partial charge < -0.3 is 15.7 Å². The van der Waals surface area contributed by atoms with Crippen molar-refractivity contribution in [3.8, 4) is 5.75 Å². The third-order valence-electron chi connectivity index (χ3n) is 2.00. The smallest absolute Gasteiger partial charge is 0.323 e. The number of phenols is 1. The van der Waals surface area contributed by atoms with E-state index >= 15 is 0 Å². The number of hydrogen-bond donors (Lipinski definition) is 3. The highest BCUT2D eigenvalue weighted by atomic mass is 35.5. The molecule has 0 aromatic heterocycles. The highest BCUT2D eigenvalue weighted by molar-refractivity contribution is 6.31. The van der Waals surface area contributed by atoms with Crippen molar-refractivity contribution in [3.05, 3.63) is 35.5 Å². The summed E-state index contributed by atoms with van der Waals surface area (Å²) in [6.07, 6.45) is 3.43. The van der Waals surface area contributed by atoms with Crippen molar-refractivity contribution in [1.82, 2.24) is 5.32 Å². The number of benzene rings is 1. The number of nitrogens with one attached hydrogen (secondary N) is 2. The quantitative estimate of drug-likeness (QED) is 0.716. The van der Waals surface area contributed by atoms with E-state index in [1.807, 2.05) is 26.8 Å². The first-order valence-electron chi connectivity index (χ1n) is 5.52. The Morgan fingerprint density at radius 2 is 2.06 bits per heavy atom. The summed E-state index contributed by atoms with van der Waals surface area (Å²) in [4.78, 5) is 11.5. The van der Waals surface area contributed by atoms with Crippen LogP contribution in [0.1, 0.15) is 20.8 Å². The Morgan fingerprint density at radius 1 is 1.39 bits per heavy atom. The summed E-state index contributed by atoms with van der Waals surface area (Å²) in [6.45, 7) is 6.06. The van der Waals surface area contributed by atoms with Crippen molar-refractivity contribution in [2.45, 2.75) is 20.8 Å². The second kappa shape index (κ2) is 5.78. The van der Waals surface area contributed by atoms with Gasteiger partial charge in [-0.25, -0.2) is 4.79 Å². The molecule has 0 heterocycles. The van der Waals surface area contributed by atoms with Crippen LogP contribution in [0.25, 0.3) is 0 Å². The molecule has 0 fully saturated rings. The van der Waals surface area contributed by atoms with Crippen molar-refractivity contribution >= 4 is 23.3 Å². The van der Waals surface area contributed by atoms with Gasteiger partial charge in [-0.1, -0.05) is 38.4 Å². The fourth-order valence-electron chi connectivity index (χ4n) is 1.13. The molecule has 0 saturated carbocycles. The minimum Gasteiger partial charge on any atom is -0.506 e. The fourth-order valence-corrected chi connectivity index (χ4v) is 1.31. The van der Waals surface area contributed by atoms with E-state index in [-0.39, 0.29) is 16.9 Å². The first-order valence-corrected chi connectivity index (χ1v) is 5.89. The molecule has 0 saturated heterocycles. The maximum Gasteiger partial charge on any atom is 0.323 e. The molecule has 2 amide bonds. The normalized spacial score (nSPS) is 11.6. The van der Waals surface area contributed by atoms with Crippen LogP contribution >= 0.6 is 11.6 Å². The fraction of sp³-hybridized carbons (Fsp3) is 0.308. The number of urea groups is 1. The third kappa shape index (κ3) is 5.10. The van der Waals surface area contributed by atoms with Gasteiger partial charge in [0.1, 0.15) is 5.75 Å². The van der Waals surface area contributed by atoms with Gasteiger partial charge in [-0.2, -0.15) is 0 Å². The van der Waals surface area contributed by atoms with Gasteiger partial charge >= 0.3 is 6.03 Å². The van der Waals surface area contributed by atoms with E-state index < -0.39 is 6.03 Å². The van der Waals surface area contributed by atoms with Gasteiger partial charge in [-0.05, 0) is 23.6 Å². The Bertz CT molecular complexity index is 465. The molecule has 0 spiro atoms. The zero-order valence-electron chi connectivity index (χ0n) is 10.6. The number of phenolic OH excluding ortho intramolecular Hbond substituents is 1. The Labute approximate surface area is 112 Å². The van der Waals surface area contributed by atoms with Crippen LogP contribution in [-0.2, 0) is 0 Å². The predicted octanol–water partition coefficient (Wildman–Crippen LogP) is 3.73. The number of allylic oxidation sites excluding steroid dienone is 1. The average Bonchev–Trinajstić information content (AvgIpc) is 2.21. The van der Waals surface area contributed by atoms with Crippen LogP contribution in [0.4, 0.5) is 10.5 Å². The molecule has 98 valence electrons. The van der Waals surface area contributed by atoms with E-state index in [1.54, 1.807) is 12.3 Å². The monoisotopic (exact) mass is 268 g/mol. The molecule has 0 aliphatic carbocycles. The number of hydrogen-bond acceptors (Lipinski definition) is 2. The van der Waals surface area contributed by atoms with Crippen LogP contribution in [0, 0.1) is 5.41 Å². The summed E-state index contributed by atoms with van der Waals surface area (Å²) in [5, 5.41) is 15.0. The number of aromatic hydroxyl groups is 1. The van der Waals surface area contributed by atoms with Crippen LogP contribution in [0.2, 0.25) is 5.02 Å². The average molecular weight is 269 g/mol. The summed E-state index contributed by atoms with van der Waals surface area (Å²) in [7, 11) is 0. The lowest BCUT2D eigenvalue weighted by molar-refractivity contribution is 0.255. The molecule has 0 bridgehead atoms. The minimum absolute atomic E-state index is 0.00846. The Morgan fingerprint density at radius 3 is 2.67 bits per heavy atom. The Balaban J connectivity index is 2.60. The number of amides is 2. The lowest BCUT2D eigenvalue weighted by Gasteiger charge is -2.11. The predicted molar refractivity (Wildman–Crippen MR) is 73.9 cm³/mol. The summed E-state index contributed by atoms with van der Waals surface area (Å²) < 4.78 is 0. The number of carbonyl (C=O) groups excluding carboxylic acids is 1. The van der Waals surface area contributed by atoms with Crippen LogP contribution in [0.15, 0.2) is 30.5 Å². The molecule has 0 aliphatic rings. The van der Waals surface area contributed by atoms with Crippen molar-refractivity contribution in [2.75, 3.05) is 5.32 Å². The molecule has 18 heavy (non-hydrogen) atoms. The van der Waals surface area contributed by atoms with Crippen LogP contribution in [0.5, 0.6) is 5.75 Å². The molecule has 1 rings (SSSR count). The first-order chi connectivity index (χ1) is 8.28. The molecular weight excluding hydrogens is 252 g/mol. The van der Waals surface area contributed by atoms with Crippen molar-refractivity contribution in [3.63, 3.8) is 0 Å². The zero-order chi connectivity index (χ0) is 13.8. The second-order valence-corrected chi connectivity index (χ2v) is 5.40. The van der Waals surface area contributed by atoms with Crippen molar-refractivity contribution in [1.29, 1.82) is 0 Å². The number of halogens is 1. The summed E-state index contributed by atoms with van der Waals surface area (Å²) in [5.74, 6) is -0.0330. The van der Waals surface area contributed by atoms with Crippen LogP contribution < -0.4 is 10.6 Å². The van der Waals surface area contributed by atoms with E-state index in [0.717, 1.165) is 0 Å². The van der Waals surface area contributed by atoms with Gasteiger partial charge in [0, 0.05) is 11.2 Å². The standard InChI is InChI=1S/C13H17ClN2O2/c1-13(2,3)6-7-15-12(18)16-10-8-9(14)4-5-11(10)17/h4-8,17H,1-3H3,(H2,15,16,18)/b7-6+. The molecule has 3 N–H and O–H groups in total. The molecule has 0 aliphatic heterocycles. The Hall–Kier alpha value is -1.68. The summed E-state index contributed by atoms with van der Waals surface area (Å²) >= 11 is 5.77. The molecule has 0 atom stereocenters. The molecule has 4 nitrogen and oxygen atoms in total. The van der Waals surface area contributed by atoms with Gasteiger partial charge in [0.05, 0.1) is 5.69 Å². The molecular formula is C13H17ClN2O2. The SMILES string of the molecule is CC(C)(C)/C=C/NC(=O)Nc1cc(Cl)ccc1O. The second-order valence-electron chi connectivity index (χ2n) is 4.96. The van der Waals surface area contributed by atoms with E-state index in [9.17, 15) is 9.90 Å². The molecule has 5 heteroatoms. The summed E-state index contributed by atoms with van der Waals surface area (Å²) in [6, 6.07) is 4.00. The maximum atomic E-state index is 11.5. The lowest BCUT2D eigenvalue weighted by atomic mass is 9.97. The van der Waals surface area contributed by atoms with Crippen molar-refractivity contribution < 1.29 is 9.90 Å². The van der Waals surface area contributed by atoms with Crippen LogP contribution in [0.3, 0.4) is 0 Å². The van der Waals surface area contributed by atoms with E-state index in [0.29, 0.717) is 5.02 Å². The van der Waals surface area contributed by atoms with Gasteiger partial charge in [-0.3, -0.25) is 0 Å². The van der Waals surface area contributed by atoms with Gasteiger partial charge in [0.2, 0.25) is 0 Å². The van der Waals surface area contributed by atoms with Crippen LogP contribution in [-0.4, -0.2) is 11.1 Å². The summed E-state index contributed by atoms with van der Waals surface area (Å²) in [5.41, 5.74) is 0.259. The molecule has 1 aromatic rings. The highest BCUT2D eigenvalue weighted by Gasteiger charge is 2.07. The molecule has 1 aromatic carbocycles. The number of rotatable bonds is 2. The third-order valence-corrected chi connectivity index (χ3v) is 2.24. The lowest BCUT2D eigenvalue weighted by Crippen LogP contribution is -2.24. The van der Waals surface area contributed by atoms with Gasteiger partial charge in [0.25, 0.3) is 0 Å². The van der Waals surface area contributed by atoms with E-state index in [1.165, 1.54) is 12.1 Å². The van der Waals surface area contributed by atoms with E-state index in [2.05, 4.69) is 10.6 Å². The highest BCUT2D eigenvalue weighted by Crippen LogP contribution is 2.26. The minimum atomic E-state index is -0.437. The number of anilines is 1. The van der Waals surface area contributed by atoms with Gasteiger partial charge in [0.15, 0.2) is 0 Å². The van der Waals surface area contributed by atoms with Crippen molar-refractivity contribution in [2.24, 2.45) is 5.41 Å². The Kier molecular flexibility index (Phi) is 4.62. The van der Waals surface area contributed by atoms with Gasteiger partial charge in [-0.15, -0.1) is 0 Å².